The van der Waals surface area contributed by atoms with Crippen molar-refractivity contribution in [3.63, 3.8) is 0 Å². The van der Waals surface area contributed by atoms with Gasteiger partial charge in [0, 0.05) is 6.42 Å². The molecule has 27 heavy (non-hydrogen) atoms. The maximum absolute atomic E-state index is 12.4. The molecule has 0 unspecified atom stereocenters. The van der Waals surface area contributed by atoms with Crippen LogP contribution in [-0.2, 0) is 6.42 Å². The first kappa shape index (κ1) is 19.2. The maximum Gasteiger partial charge on any atom is 0.343 e. The molecule has 0 amide bonds. The summed E-state index contributed by atoms with van der Waals surface area (Å²) in [5.41, 5.74) is 3.76. The van der Waals surface area contributed by atoms with Gasteiger partial charge in [-0.2, -0.15) is 0 Å². The number of halogens is 1. The standard InChI is InChI=1S/C23H21BrO3/c1-16-8-10-21(17(2)14-16)27-23(25)19-9-11-22(20(24)15-19)26-13-12-18-6-4-3-5-7-18/h3-11,14-15H,12-13H2,1-2H3. The summed E-state index contributed by atoms with van der Waals surface area (Å²) in [5, 5.41) is 0. The topological polar surface area (TPSA) is 35.5 Å². The lowest BCUT2D eigenvalue weighted by Crippen LogP contribution is -2.10. The summed E-state index contributed by atoms with van der Waals surface area (Å²) in [4.78, 5) is 12.4. The van der Waals surface area contributed by atoms with Crippen molar-refractivity contribution >= 4 is 21.9 Å². The van der Waals surface area contributed by atoms with E-state index in [-0.39, 0.29) is 0 Å². The Morgan fingerprint density at radius 3 is 2.37 bits per heavy atom. The molecule has 0 bridgehead atoms. The third-order valence-electron chi connectivity index (χ3n) is 4.19. The van der Waals surface area contributed by atoms with Gasteiger partial charge in [0.2, 0.25) is 0 Å². The van der Waals surface area contributed by atoms with Crippen molar-refractivity contribution in [1.82, 2.24) is 0 Å². The normalized spacial score (nSPS) is 10.5. The minimum absolute atomic E-state index is 0.390. The quantitative estimate of drug-likeness (QED) is 0.364. The van der Waals surface area contributed by atoms with Crippen LogP contribution in [0.5, 0.6) is 11.5 Å². The van der Waals surface area contributed by atoms with E-state index in [2.05, 4.69) is 28.1 Å². The summed E-state index contributed by atoms with van der Waals surface area (Å²) in [6.45, 7) is 4.50. The number of carbonyl (C=O) groups is 1. The highest BCUT2D eigenvalue weighted by molar-refractivity contribution is 9.10. The summed E-state index contributed by atoms with van der Waals surface area (Å²) in [5.74, 6) is 0.886. The molecule has 0 heterocycles. The lowest BCUT2D eigenvalue weighted by Gasteiger charge is -2.11. The van der Waals surface area contributed by atoms with Gasteiger partial charge in [-0.05, 0) is 65.2 Å². The Balaban J connectivity index is 1.62. The lowest BCUT2D eigenvalue weighted by molar-refractivity contribution is 0.0733. The summed E-state index contributed by atoms with van der Waals surface area (Å²) in [7, 11) is 0. The smallest absolute Gasteiger partial charge is 0.343 e. The highest BCUT2D eigenvalue weighted by Crippen LogP contribution is 2.27. The Bertz CT molecular complexity index is 936. The molecule has 4 heteroatoms. The van der Waals surface area contributed by atoms with E-state index in [0.29, 0.717) is 23.7 Å². The van der Waals surface area contributed by atoms with Gasteiger partial charge in [0.15, 0.2) is 0 Å². The van der Waals surface area contributed by atoms with Gasteiger partial charge in [0.05, 0.1) is 16.6 Å². The molecule has 0 aromatic heterocycles. The summed E-state index contributed by atoms with van der Waals surface area (Å²) in [6, 6.07) is 21.1. The average Bonchev–Trinajstić information content (AvgIpc) is 2.66. The third-order valence-corrected chi connectivity index (χ3v) is 4.81. The summed E-state index contributed by atoms with van der Waals surface area (Å²) in [6.07, 6.45) is 0.823. The Morgan fingerprint density at radius 1 is 0.926 bits per heavy atom. The Kier molecular flexibility index (Phi) is 6.30. The van der Waals surface area contributed by atoms with Crippen molar-refractivity contribution in [2.75, 3.05) is 6.61 Å². The van der Waals surface area contributed by atoms with Crippen LogP contribution in [0.15, 0.2) is 71.2 Å². The fourth-order valence-electron chi connectivity index (χ4n) is 2.74. The molecular formula is C23H21BrO3. The van der Waals surface area contributed by atoms with Crippen LogP contribution in [0.2, 0.25) is 0 Å². The van der Waals surface area contributed by atoms with Crippen molar-refractivity contribution in [2.24, 2.45) is 0 Å². The highest BCUT2D eigenvalue weighted by atomic mass is 79.9. The fourth-order valence-corrected chi connectivity index (χ4v) is 3.23. The zero-order chi connectivity index (χ0) is 19.2. The molecule has 0 aliphatic carbocycles. The van der Waals surface area contributed by atoms with Crippen LogP contribution in [0.25, 0.3) is 0 Å². The third kappa shape index (κ3) is 5.20. The van der Waals surface area contributed by atoms with E-state index in [4.69, 9.17) is 9.47 Å². The molecule has 3 aromatic rings. The first-order chi connectivity index (χ1) is 13.0. The zero-order valence-corrected chi connectivity index (χ0v) is 17.0. The van der Waals surface area contributed by atoms with Crippen LogP contribution in [-0.4, -0.2) is 12.6 Å². The molecule has 0 spiro atoms. The van der Waals surface area contributed by atoms with Crippen LogP contribution in [0, 0.1) is 13.8 Å². The van der Waals surface area contributed by atoms with Crippen molar-refractivity contribution in [3.8, 4) is 11.5 Å². The van der Waals surface area contributed by atoms with E-state index >= 15 is 0 Å². The van der Waals surface area contributed by atoms with Crippen molar-refractivity contribution < 1.29 is 14.3 Å². The molecule has 0 N–H and O–H groups in total. The van der Waals surface area contributed by atoms with Gasteiger partial charge in [-0.25, -0.2) is 4.79 Å². The Hall–Kier alpha value is -2.59. The van der Waals surface area contributed by atoms with Gasteiger partial charge < -0.3 is 9.47 Å². The first-order valence-corrected chi connectivity index (χ1v) is 9.58. The van der Waals surface area contributed by atoms with Gasteiger partial charge >= 0.3 is 5.97 Å². The Labute approximate surface area is 168 Å². The average molecular weight is 425 g/mol. The number of esters is 1. The second-order valence-corrected chi connectivity index (χ2v) is 7.24. The monoisotopic (exact) mass is 424 g/mol. The van der Waals surface area contributed by atoms with E-state index in [9.17, 15) is 4.79 Å². The second kappa shape index (κ2) is 8.87. The van der Waals surface area contributed by atoms with E-state index in [1.807, 2.05) is 50.2 Å². The molecule has 0 aliphatic rings. The van der Waals surface area contributed by atoms with Crippen LogP contribution < -0.4 is 9.47 Å². The van der Waals surface area contributed by atoms with Gasteiger partial charge in [-0.15, -0.1) is 0 Å². The van der Waals surface area contributed by atoms with Gasteiger partial charge in [-0.3, -0.25) is 0 Å². The molecule has 0 saturated carbocycles. The minimum atomic E-state index is -0.390. The number of ether oxygens (including phenoxy) is 2. The van der Waals surface area contributed by atoms with Crippen molar-refractivity contribution in [1.29, 1.82) is 0 Å². The molecular weight excluding hydrogens is 404 g/mol. The SMILES string of the molecule is Cc1ccc(OC(=O)c2ccc(OCCc3ccccc3)c(Br)c2)c(C)c1. The second-order valence-electron chi connectivity index (χ2n) is 6.39. The van der Waals surface area contributed by atoms with E-state index in [0.717, 1.165) is 22.0 Å². The van der Waals surface area contributed by atoms with E-state index < -0.39 is 5.97 Å². The molecule has 3 aromatic carbocycles. The lowest BCUT2D eigenvalue weighted by atomic mass is 10.1. The first-order valence-electron chi connectivity index (χ1n) is 8.78. The molecule has 0 saturated heterocycles. The number of rotatable bonds is 6. The van der Waals surface area contributed by atoms with Crippen LogP contribution in [0.3, 0.4) is 0 Å². The number of hydrogen-bond acceptors (Lipinski definition) is 3. The van der Waals surface area contributed by atoms with Crippen molar-refractivity contribution in [3.05, 3.63) is 93.5 Å². The number of aryl methyl sites for hydroxylation is 2. The van der Waals surface area contributed by atoms with Crippen LogP contribution >= 0.6 is 15.9 Å². The maximum atomic E-state index is 12.4. The highest BCUT2D eigenvalue weighted by Gasteiger charge is 2.13. The summed E-state index contributed by atoms with van der Waals surface area (Å²) < 4.78 is 12.1. The number of benzene rings is 3. The number of carbonyl (C=O) groups excluding carboxylic acids is 1. The van der Waals surface area contributed by atoms with Gasteiger partial charge in [-0.1, -0.05) is 48.0 Å². The fraction of sp³-hybridized carbons (Fsp3) is 0.174. The predicted molar refractivity (Wildman–Crippen MR) is 111 cm³/mol. The largest absolute Gasteiger partial charge is 0.492 e. The molecule has 0 aliphatic heterocycles. The minimum Gasteiger partial charge on any atom is -0.492 e. The molecule has 138 valence electrons. The molecule has 3 rings (SSSR count). The molecule has 0 atom stereocenters. The molecule has 3 nitrogen and oxygen atoms in total. The predicted octanol–water partition coefficient (Wildman–Crippen LogP) is 5.91. The van der Waals surface area contributed by atoms with E-state index in [1.54, 1.807) is 18.2 Å². The number of hydrogen-bond donors (Lipinski definition) is 0. The molecule has 0 radical (unpaired) electrons. The van der Waals surface area contributed by atoms with Crippen LogP contribution in [0.4, 0.5) is 0 Å². The van der Waals surface area contributed by atoms with Crippen molar-refractivity contribution in [2.45, 2.75) is 20.3 Å². The summed E-state index contributed by atoms with van der Waals surface area (Å²) >= 11 is 3.48. The van der Waals surface area contributed by atoms with E-state index in [1.165, 1.54) is 5.56 Å². The molecule has 0 fully saturated rings. The Morgan fingerprint density at radius 2 is 1.67 bits per heavy atom. The van der Waals surface area contributed by atoms with Gasteiger partial charge in [0.25, 0.3) is 0 Å². The van der Waals surface area contributed by atoms with Crippen LogP contribution in [0.1, 0.15) is 27.0 Å². The van der Waals surface area contributed by atoms with Gasteiger partial charge in [0.1, 0.15) is 11.5 Å². The zero-order valence-electron chi connectivity index (χ0n) is 15.4.